The molecular weight excluding hydrogens is 743 g/mol. The van der Waals surface area contributed by atoms with E-state index in [-0.39, 0.29) is 7.25 Å². The molecule has 0 heterocycles. The van der Waals surface area contributed by atoms with Crippen molar-refractivity contribution in [3.05, 3.63) is 155 Å². The Balaban J connectivity index is 1.32. The van der Waals surface area contributed by atoms with E-state index in [2.05, 4.69) is 160 Å². The van der Waals surface area contributed by atoms with Crippen LogP contribution in [-0.2, 0) is 15.6 Å². The second-order valence-electron chi connectivity index (χ2n) is 14.9. The van der Waals surface area contributed by atoms with Gasteiger partial charge in [-0.05, 0) is 0 Å². The minimum atomic E-state index is -4.87. The van der Waals surface area contributed by atoms with Gasteiger partial charge in [-0.15, -0.1) is 0 Å². The first-order valence-corrected chi connectivity index (χ1v) is 34.8. The van der Waals surface area contributed by atoms with Crippen LogP contribution < -0.4 is 0 Å². The van der Waals surface area contributed by atoms with Crippen molar-refractivity contribution in [3.63, 3.8) is 0 Å². The molecule has 251 valence electrons. The zero-order chi connectivity index (χ0) is 34.6. The molecule has 0 saturated carbocycles. The van der Waals surface area contributed by atoms with Crippen LogP contribution in [0.15, 0.2) is 132 Å². The Morgan fingerprint density at radius 2 is 0.940 bits per heavy atom. The minimum absolute atomic E-state index is 0.0994. The Kier molecular flexibility index (Phi) is 9.00. The monoisotopic (exact) mass is 785 g/mol. The summed E-state index contributed by atoms with van der Waals surface area (Å²) >= 11 is -4.87. The second-order valence-corrected chi connectivity index (χ2v) is 57.4. The molecule has 2 unspecified atom stereocenters. The predicted molar refractivity (Wildman–Crippen MR) is 221 cm³/mol. The fourth-order valence-electron chi connectivity index (χ4n) is 9.29. The number of allylic oxidation sites excluding steroid dienone is 2. The quantitative estimate of drug-likeness (QED) is 0.128. The first-order chi connectivity index (χ1) is 24.2. The van der Waals surface area contributed by atoms with Crippen LogP contribution in [0.25, 0.3) is 56.0 Å². The molecule has 50 heavy (non-hydrogen) atoms. The van der Waals surface area contributed by atoms with E-state index in [0.717, 1.165) is 25.7 Å². The molecule has 2 atom stereocenters. The van der Waals surface area contributed by atoms with Gasteiger partial charge in [-0.3, -0.25) is 0 Å². The van der Waals surface area contributed by atoms with Crippen molar-refractivity contribution >= 4 is 56.6 Å². The zero-order valence-corrected chi connectivity index (χ0v) is 34.6. The Bertz CT molecular complexity index is 2190. The Morgan fingerprint density at radius 3 is 1.34 bits per heavy atom. The summed E-state index contributed by atoms with van der Waals surface area (Å²) < 4.78 is 0.199. The van der Waals surface area contributed by atoms with E-state index in [1.165, 1.54) is 77.2 Å². The standard InChI is InChI=1S/2C22H19.C2H7Si.2ClH.Zr/c2*1-2-6-16-13-19-9-5-10-21(22(19)14-16)20-12-11-17-7-3-4-8-18(17)15-20;1-3-2;;;/h2*3-5,7-15H,2,6H2,1H3;3H,1-2H3;2*1H;/q;;;;;+2/p-2. The Labute approximate surface area is 306 Å². The fraction of sp³-hybridized carbons (Fsp3) is 0.217. The molecule has 2 aliphatic rings. The van der Waals surface area contributed by atoms with Crippen LogP contribution in [-0.4, -0.2) is 5.92 Å². The van der Waals surface area contributed by atoms with Gasteiger partial charge in [-0.25, -0.2) is 0 Å². The van der Waals surface area contributed by atoms with E-state index in [1.807, 2.05) is 0 Å². The predicted octanol–water partition coefficient (Wildman–Crippen LogP) is 14.5. The van der Waals surface area contributed by atoms with Gasteiger partial charge < -0.3 is 0 Å². The normalized spacial score (nSPS) is 17.8. The van der Waals surface area contributed by atoms with Crippen LogP contribution >= 0.6 is 17.0 Å². The Hall–Kier alpha value is -3.00. The average molecular weight is 788 g/mol. The molecule has 0 aromatic heterocycles. The summed E-state index contributed by atoms with van der Waals surface area (Å²) in [4.78, 5) is 0. The SMILES string of the molecule is CCCC1=Cc2c(-c3ccc4ccccc4c3)cccc2[CH]1[Zr]([Cl])([Cl])([CH]1C(CCC)=Cc2c(-c3ccc4ccccc4c3)cccc21)[SiH](C)C. The summed E-state index contributed by atoms with van der Waals surface area (Å²) in [5, 5.41) is 5.07. The number of hydrogen-bond donors (Lipinski definition) is 0. The van der Waals surface area contributed by atoms with E-state index >= 15 is 0 Å². The fourth-order valence-corrected chi connectivity index (χ4v) is 40.8. The Morgan fingerprint density at radius 1 is 0.520 bits per heavy atom. The first-order valence-electron chi connectivity index (χ1n) is 18.4. The summed E-state index contributed by atoms with van der Waals surface area (Å²) in [7, 11) is 17.5. The van der Waals surface area contributed by atoms with E-state index in [4.69, 9.17) is 17.0 Å². The van der Waals surface area contributed by atoms with Crippen LogP contribution in [0.3, 0.4) is 0 Å². The van der Waals surface area contributed by atoms with Gasteiger partial charge in [-0.2, -0.15) is 0 Å². The number of benzene rings is 6. The number of rotatable bonds is 9. The molecule has 0 nitrogen and oxygen atoms in total. The van der Waals surface area contributed by atoms with Crippen molar-refractivity contribution in [2.45, 2.75) is 59.9 Å². The van der Waals surface area contributed by atoms with Crippen LogP contribution in [0, 0.1) is 0 Å². The number of fused-ring (bicyclic) bond motifs is 4. The maximum absolute atomic E-state index is 8.77. The molecule has 0 bridgehead atoms. The summed E-state index contributed by atoms with van der Waals surface area (Å²) in [6, 6.07) is 44.9. The summed E-state index contributed by atoms with van der Waals surface area (Å²) in [5.41, 5.74) is 13.4. The molecule has 2 aliphatic carbocycles. The molecule has 0 fully saturated rings. The van der Waals surface area contributed by atoms with Crippen LogP contribution in [0.1, 0.15) is 69.0 Å². The molecule has 4 heteroatoms. The molecule has 0 radical (unpaired) electrons. The van der Waals surface area contributed by atoms with Crippen molar-refractivity contribution in [1.82, 2.24) is 0 Å². The molecule has 0 amide bonds. The van der Waals surface area contributed by atoms with Gasteiger partial charge in [-0.1, -0.05) is 0 Å². The van der Waals surface area contributed by atoms with Crippen molar-refractivity contribution < 1.29 is 15.6 Å². The molecule has 0 spiro atoms. The third kappa shape index (κ3) is 5.40. The van der Waals surface area contributed by atoms with Crippen molar-refractivity contribution in [2.24, 2.45) is 0 Å². The van der Waals surface area contributed by atoms with Crippen molar-refractivity contribution in [3.8, 4) is 22.3 Å². The van der Waals surface area contributed by atoms with Gasteiger partial charge in [0.15, 0.2) is 0 Å². The van der Waals surface area contributed by atoms with Gasteiger partial charge in [0.2, 0.25) is 0 Å². The number of hydrogen-bond acceptors (Lipinski definition) is 0. The van der Waals surface area contributed by atoms with Crippen molar-refractivity contribution in [2.75, 3.05) is 0 Å². The van der Waals surface area contributed by atoms with E-state index in [9.17, 15) is 0 Å². The van der Waals surface area contributed by atoms with Gasteiger partial charge >= 0.3 is 309 Å². The second kappa shape index (κ2) is 13.2. The first kappa shape index (κ1) is 34.1. The summed E-state index contributed by atoms with van der Waals surface area (Å²) in [6.45, 7) is 9.53. The van der Waals surface area contributed by atoms with Gasteiger partial charge in [0.1, 0.15) is 0 Å². The third-order valence-electron chi connectivity index (χ3n) is 11.7. The van der Waals surface area contributed by atoms with Gasteiger partial charge in [0, 0.05) is 0 Å². The van der Waals surface area contributed by atoms with E-state index in [0.29, 0.717) is 0 Å². The summed E-state index contributed by atoms with van der Waals surface area (Å²) in [5.74, 6) is -1.65. The molecule has 8 rings (SSSR count). The van der Waals surface area contributed by atoms with Crippen LogP contribution in [0.5, 0.6) is 0 Å². The van der Waals surface area contributed by atoms with E-state index in [1.54, 1.807) is 0 Å². The molecule has 0 aliphatic heterocycles. The van der Waals surface area contributed by atoms with Gasteiger partial charge in [0.25, 0.3) is 0 Å². The third-order valence-corrected chi connectivity index (χ3v) is 63.6. The van der Waals surface area contributed by atoms with Crippen molar-refractivity contribution in [1.29, 1.82) is 0 Å². The molecule has 6 aromatic rings. The van der Waals surface area contributed by atoms with E-state index < -0.39 is 21.5 Å². The molecule has 0 N–H and O–H groups in total. The zero-order valence-electron chi connectivity index (χ0n) is 29.5. The number of halogens is 2. The maximum atomic E-state index is 8.77. The van der Waals surface area contributed by atoms with Crippen LogP contribution in [0.2, 0.25) is 13.1 Å². The molecule has 0 saturated heterocycles. The van der Waals surface area contributed by atoms with Gasteiger partial charge in [0.05, 0.1) is 0 Å². The molecular formula is C46H45Cl2SiZr. The summed E-state index contributed by atoms with van der Waals surface area (Å²) in [6.07, 6.45) is 9.20. The topological polar surface area (TPSA) is 0 Å². The van der Waals surface area contributed by atoms with Crippen LogP contribution in [0.4, 0.5) is 0 Å². The molecule has 6 aromatic carbocycles. The average Bonchev–Trinajstić information content (AvgIpc) is 3.71.